The number of hydrogen-bond donors (Lipinski definition) is 0. The zero-order valence-electron chi connectivity index (χ0n) is 9.18. The van der Waals surface area contributed by atoms with E-state index in [-0.39, 0.29) is 12.2 Å². The molecule has 4 nitrogen and oxygen atoms in total. The van der Waals surface area contributed by atoms with Crippen molar-refractivity contribution in [2.75, 3.05) is 6.61 Å². The standard InChI is InChI=1S/C12H11ClO4/c1-2-16-11(14)7-8-17-12(15)9-5-3-4-6-10(9)13/h3-8H,2H2,1H3/b8-7+. The third-order valence-electron chi connectivity index (χ3n) is 1.76. The minimum Gasteiger partial charge on any atom is -0.463 e. The predicted octanol–water partition coefficient (Wildman–Crippen LogP) is 2.57. The predicted molar refractivity (Wildman–Crippen MR) is 62.6 cm³/mol. The van der Waals surface area contributed by atoms with Gasteiger partial charge in [0.25, 0.3) is 0 Å². The quantitative estimate of drug-likeness (QED) is 0.471. The highest BCUT2D eigenvalue weighted by Crippen LogP contribution is 2.15. The zero-order chi connectivity index (χ0) is 12.7. The van der Waals surface area contributed by atoms with Crippen LogP contribution in [-0.4, -0.2) is 18.5 Å². The molecule has 90 valence electrons. The van der Waals surface area contributed by atoms with Crippen molar-refractivity contribution in [2.45, 2.75) is 6.92 Å². The molecule has 0 aliphatic heterocycles. The minimum atomic E-state index is -0.629. The van der Waals surface area contributed by atoms with Gasteiger partial charge in [0.1, 0.15) is 6.26 Å². The average Bonchev–Trinajstić information content (AvgIpc) is 2.29. The molecular formula is C12H11ClO4. The van der Waals surface area contributed by atoms with E-state index in [1.165, 1.54) is 6.07 Å². The second-order valence-electron chi connectivity index (χ2n) is 2.94. The molecule has 5 heteroatoms. The molecule has 0 unspecified atom stereocenters. The van der Waals surface area contributed by atoms with Gasteiger partial charge in [-0.1, -0.05) is 23.7 Å². The molecule has 0 fully saturated rings. The third-order valence-corrected chi connectivity index (χ3v) is 2.09. The summed E-state index contributed by atoms with van der Waals surface area (Å²) in [5.41, 5.74) is 0.239. The van der Waals surface area contributed by atoms with E-state index in [0.29, 0.717) is 5.02 Å². The number of carbonyl (C=O) groups is 2. The third kappa shape index (κ3) is 4.28. The van der Waals surface area contributed by atoms with Crippen LogP contribution in [0.4, 0.5) is 0 Å². The van der Waals surface area contributed by atoms with Gasteiger partial charge in [0.2, 0.25) is 0 Å². The fourth-order valence-corrected chi connectivity index (χ4v) is 1.24. The van der Waals surface area contributed by atoms with Gasteiger partial charge in [0.05, 0.1) is 23.3 Å². The van der Waals surface area contributed by atoms with Gasteiger partial charge in [-0.15, -0.1) is 0 Å². The van der Waals surface area contributed by atoms with Crippen LogP contribution >= 0.6 is 11.6 Å². The molecule has 0 saturated heterocycles. The lowest BCUT2D eigenvalue weighted by molar-refractivity contribution is -0.137. The van der Waals surface area contributed by atoms with Crippen LogP contribution in [0.15, 0.2) is 36.6 Å². The van der Waals surface area contributed by atoms with Gasteiger partial charge in [-0.05, 0) is 19.1 Å². The molecule has 0 amide bonds. The molecular weight excluding hydrogens is 244 g/mol. The van der Waals surface area contributed by atoms with E-state index in [2.05, 4.69) is 4.74 Å². The second kappa shape index (κ2) is 6.70. The molecule has 0 N–H and O–H groups in total. The SMILES string of the molecule is CCOC(=O)/C=C/OC(=O)c1ccccc1Cl. The molecule has 1 rings (SSSR count). The molecule has 0 saturated carbocycles. The highest BCUT2D eigenvalue weighted by molar-refractivity contribution is 6.33. The van der Waals surface area contributed by atoms with Crippen molar-refractivity contribution in [2.24, 2.45) is 0 Å². The van der Waals surface area contributed by atoms with Gasteiger partial charge in [-0.3, -0.25) is 0 Å². The number of hydrogen-bond acceptors (Lipinski definition) is 4. The van der Waals surface area contributed by atoms with Crippen molar-refractivity contribution in [3.8, 4) is 0 Å². The average molecular weight is 255 g/mol. The number of esters is 2. The Morgan fingerprint density at radius 2 is 2.06 bits per heavy atom. The van der Waals surface area contributed by atoms with E-state index in [9.17, 15) is 9.59 Å². The van der Waals surface area contributed by atoms with E-state index in [4.69, 9.17) is 16.3 Å². The molecule has 17 heavy (non-hydrogen) atoms. The maximum absolute atomic E-state index is 11.5. The molecule has 0 heterocycles. The first-order valence-corrected chi connectivity index (χ1v) is 5.31. The van der Waals surface area contributed by atoms with Gasteiger partial charge < -0.3 is 9.47 Å². The van der Waals surface area contributed by atoms with Crippen molar-refractivity contribution in [3.05, 3.63) is 47.2 Å². The molecule has 0 aliphatic carbocycles. The first-order valence-electron chi connectivity index (χ1n) is 4.94. The van der Waals surface area contributed by atoms with Crippen LogP contribution in [0, 0.1) is 0 Å². The fourth-order valence-electron chi connectivity index (χ4n) is 1.03. The van der Waals surface area contributed by atoms with Crippen molar-refractivity contribution in [1.29, 1.82) is 0 Å². The van der Waals surface area contributed by atoms with Crippen LogP contribution in [-0.2, 0) is 14.3 Å². The summed E-state index contributed by atoms with van der Waals surface area (Å²) in [6, 6.07) is 6.47. The van der Waals surface area contributed by atoms with Crippen LogP contribution in [0.1, 0.15) is 17.3 Å². The van der Waals surface area contributed by atoms with Gasteiger partial charge in [-0.2, -0.15) is 0 Å². The number of benzene rings is 1. The lowest BCUT2D eigenvalue weighted by Gasteiger charge is -2.01. The van der Waals surface area contributed by atoms with Crippen LogP contribution in [0.5, 0.6) is 0 Å². The molecule has 1 aromatic carbocycles. The smallest absolute Gasteiger partial charge is 0.344 e. The van der Waals surface area contributed by atoms with Crippen molar-refractivity contribution in [3.63, 3.8) is 0 Å². The number of ether oxygens (including phenoxy) is 2. The lowest BCUT2D eigenvalue weighted by atomic mass is 10.2. The Bertz CT molecular complexity index is 440. The summed E-state index contributed by atoms with van der Waals surface area (Å²) < 4.78 is 9.33. The first-order chi connectivity index (χ1) is 8.15. The number of carbonyl (C=O) groups excluding carboxylic acids is 2. The zero-order valence-corrected chi connectivity index (χ0v) is 9.94. The highest BCUT2D eigenvalue weighted by atomic mass is 35.5. The summed E-state index contributed by atoms with van der Waals surface area (Å²) >= 11 is 5.79. The van der Waals surface area contributed by atoms with Gasteiger partial charge in [0, 0.05) is 0 Å². The van der Waals surface area contributed by atoms with E-state index in [1.54, 1.807) is 25.1 Å². The Morgan fingerprint density at radius 3 is 2.71 bits per heavy atom. The van der Waals surface area contributed by atoms with E-state index in [1.807, 2.05) is 0 Å². The molecule has 0 atom stereocenters. The monoisotopic (exact) mass is 254 g/mol. The Kier molecular flexibility index (Phi) is 5.23. The molecule has 0 bridgehead atoms. The maximum atomic E-state index is 11.5. The van der Waals surface area contributed by atoms with E-state index < -0.39 is 11.9 Å². The molecule has 1 aromatic rings. The number of rotatable bonds is 4. The van der Waals surface area contributed by atoms with Crippen LogP contribution in [0.3, 0.4) is 0 Å². The number of halogens is 1. The second-order valence-corrected chi connectivity index (χ2v) is 3.35. The molecule has 0 aromatic heterocycles. The summed E-state index contributed by atoms with van der Waals surface area (Å²) in [5, 5.41) is 0.294. The Labute approximate surface area is 104 Å². The van der Waals surface area contributed by atoms with Crippen LogP contribution < -0.4 is 0 Å². The summed E-state index contributed by atoms with van der Waals surface area (Å²) in [6.07, 6.45) is 2.00. The molecule has 0 spiro atoms. The largest absolute Gasteiger partial charge is 0.463 e. The topological polar surface area (TPSA) is 52.6 Å². The van der Waals surface area contributed by atoms with Gasteiger partial charge in [-0.25, -0.2) is 9.59 Å². The van der Waals surface area contributed by atoms with Gasteiger partial charge >= 0.3 is 11.9 Å². The van der Waals surface area contributed by atoms with Gasteiger partial charge in [0.15, 0.2) is 0 Å². The maximum Gasteiger partial charge on any atom is 0.344 e. The summed E-state index contributed by atoms with van der Waals surface area (Å²) in [5.74, 6) is -1.20. The van der Waals surface area contributed by atoms with E-state index in [0.717, 1.165) is 12.3 Å². The van der Waals surface area contributed by atoms with Crippen LogP contribution in [0.2, 0.25) is 5.02 Å². The molecule has 0 aliphatic rings. The van der Waals surface area contributed by atoms with Crippen molar-refractivity contribution < 1.29 is 19.1 Å². The highest BCUT2D eigenvalue weighted by Gasteiger charge is 2.09. The Morgan fingerprint density at radius 1 is 1.35 bits per heavy atom. The van der Waals surface area contributed by atoms with E-state index >= 15 is 0 Å². The van der Waals surface area contributed by atoms with Crippen molar-refractivity contribution >= 4 is 23.5 Å². The molecule has 0 radical (unpaired) electrons. The van der Waals surface area contributed by atoms with Crippen molar-refractivity contribution in [1.82, 2.24) is 0 Å². The summed E-state index contributed by atoms with van der Waals surface area (Å²) in [7, 11) is 0. The summed E-state index contributed by atoms with van der Waals surface area (Å²) in [4.78, 5) is 22.4. The first kappa shape index (κ1) is 13.3. The Hall–Kier alpha value is -1.81. The van der Waals surface area contributed by atoms with Crippen LogP contribution in [0.25, 0.3) is 0 Å². The summed E-state index contributed by atoms with van der Waals surface area (Å²) in [6.45, 7) is 1.95. The normalized spacial score (nSPS) is 10.2. The fraction of sp³-hybridized carbons (Fsp3) is 0.167. The Balaban J connectivity index is 2.56. The lowest BCUT2D eigenvalue weighted by Crippen LogP contribution is -2.03. The minimum absolute atomic E-state index is 0.239.